The zero-order valence-corrected chi connectivity index (χ0v) is 14.0. The van der Waals surface area contributed by atoms with Crippen molar-refractivity contribution in [3.63, 3.8) is 0 Å². The first kappa shape index (κ1) is 14.1. The van der Waals surface area contributed by atoms with Crippen molar-refractivity contribution in [2.75, 3.05) is 23.9 Å². The van der Waals surface area contributed by atoms with Crippen LogP contribution in [0.5, 0.6) is 0 Å². The Bertz CT molecular complexity index is 727. The van der Waals surface area contributed by atoms with Gasteiger partial charge in [0.25, 0.3) is 0 Å². The second-order valence-corrected chi connectivity index (χ2v) is 5.02. The molecule has 0 aromatic heterocycles. The molecular weight excluding hydrogens is 442 g/mol. The molecule has 0 amide bonds. The molecular formula is C16H13IrN3O-2. The molecule has 0 bridgehead atoms. The smallest absolute Gasteiger partial charge is 0.150 e. The third-order valence-electron chi connectivity index (χ3n) is 3.63. The quantitative estimate of drug-likeness (QED) is 0.620. The van der Waals surface area contributed by atoms with E-state index in [2.05, 4.69) is 40.4 Å². The summed E-state index contributed by atoms with van der Waals surface area (Å²) in [6.45, 7) is 1.63. The van der Waals surface area contributed by atoms with Crippen LogP contribution < -0.4 is 9.80 Å². The van der Waals surface area contributed by atoms with Gasteiger partial charge in [0.1, 0.15) is 5.84 Å². The number of oxime groups is 1. The van der Waals surface area contributed by atoms with Crippen LogP contribution in [0.25, 0.3) is 11.1 Å². The summed E-state index contributed by atoms with van der Waals surface area (Å²) < 4.78 is 0. The van der Waals surface area contributed by atoms with Gasteiger partial charge in [-0.2, -0.15) is 24.3 Å². The fraction of sp³-hybridized carbons (Fsp3) is 0.125. The van der Waals surface area contributed by atoms with Crippen LogP contribution in [0.3, 0.4) is 0 Å². The number of hydrogen-bond acceptors (Lipinski definition) is 4. The van der Waals surface area contributed by atoms with Gasteiger partial charge in [0.05, 0.1) is 0 Å². The van der Waals surface area contributed by atoms with Crippen molar-refractivity contribution in [3.8, 4) is 11.1 Å². The predicted molar refractivity (Wildman–Crippen MR) is 79.4 cm³/mol. The van der Waals surface area contributed by atoms with Gasteiger partial charge in [0, 0.05) is 45.5 Å². The Morgan fingerprint density at radius 1 is 1.19 bits per heavy atom. The Kier molecular flexibility index (Phi) is 3.47. The Labute approximate surface area is 137 Å². The summed E-state index contributed by atoms with van der Waals surface area (Å²) in [6.07, 6.45) is 0. The summed E-state index contributed by atoms with van der Waals surface area (Å²) in [7, 11) is 4.07. The van der Waals surface area contributed by atoms with Crippen LogP contribution in [0.1, 0.15) is 5.56 Å². The van der Waals surface area contributed by atoms with Crippen LogP contribution in [0.2, 0.25) is 0 Å². The Balaban J connectivity index is 0.00000132. The molecule has 2 aromatic carbocycles. The second-order valence-electron chi connectivity index (χ2n) is 5.02. The van der Waals surface area contributed by atoms with E-state index >= 15 is 0 Å². The molecule has 4 rings (SSSR count). The molecule has 2 aromatic rings. The van der Waals surface area contributed by atoms with Crippen LogP contribution in [-0.4, -0.2) is 19.9 Å². The number of rotatable bonds is 1. The van der Waals surface area contributed by atoms with E-state index in [9.17, 15) is 0 Å². The molecule has 109 valence electrons. The molecule has 0 saturated carbocycles. The van der Waals surface area contributed by atoms with Crippen molar-refractivity contribution in [3.05, 3.63) is 54.8 Å². The third-order valence-corrected chi connectivity index (χ3v) is 3.63. The third kappa shape index (κ3) is 1.96. The van der Waals surface area contributed by atoms with Crippen LogP contribution in [0.15, 0.2) is 41.6 Å². The van der Waals surface area contributed by atoms with Crippen molar-refractivity contribution in [1.82, 2.24) is 0 Å². The van der Waals surface area contributed by atoms with Crippen LogP contribution in [0.4, 0.5) is 11.4 Å². The van der Waals surface area contributed by atoms with Crippen LogP contribution in [0, 0.1) is 12.8 Å². The Morgan fingerprint density at radius 2 is 2.00 bits per heavy atom. The van der Waals surface area contributed by atoms with Gasteiger partial charge in [-0.25, -0.2) is 0 Å². The van der Waals surface area contributed by atoms with E-state index in [1.165, 1.54) is 0 Å². The molecule has 2 heterocycles. The van der Waals surface area contributed by atoms with Gasteiger partial charge in [0.15, 0.2) is 0 Å². The average molecular weight is 456 g/mol. The van der Waals surface area contributed by atoms with Crippen LogP contribution >= 0.6 is 0 Å². The van der Waals surface area contributed by atoms with E-state index in [1.54, 1.807) is 6.73 Å². The fourth-order valence-corrected chi connectivity index (χ4v) is 2.76. The van der Waals surface area contributed by atoms with Crippen molar-refractivity contribution in [2.24, 2.45) is 5.16 Å². The molecule has 0 atom stereocenters. The minimum Gasteiger partial charge on any atom is -0.544 e. The number of nitrogens with zero attached hydrogens (tertiary/aromatic N) is 3. The van der Waals surface area contributed by atoms with Gasteiger partial charge >= 0.3 is 0 Å². The molecule has 21 heavy (non-hydrogen) atoms. The minimum absolute atomic E-state index is 0. The van der Waals surface area contributed by atoms with E-state index in [-0.39, 0.29) is 20.1 Å². The summed E-state index contributed by atoms with van der Waals surface area (Å²) in [5.74, 6) is 0.819. The second kappa shape index (κ2) is 5.17. The molecule has 2 aliphatic rings. The molecule has 0 N–H and O–H groups in total. The maximum absolute atomic E-state index is 5.19. The Morgan fingerprint density at radius 3 is 2.81 bits per heavy atom. The monoisotopic (exact) mass is 456 g/mol. The number of benzene rings is 2. The maximum atomic E-state index is 5.19. The number of para-hydroxylation sites is 1. The molecule has 0 spiro atoms. The molecule has 4 nitrogen and oxygen atoms in total. The predicted octanol–water partition coefficient (Wildman–Crippen LogP) is 2.85. The van der Waals surface area contributed by atoms with Crippen molar-refractivity contribution < 1.29 is 24.9 Å². The molecule has 0 unspecified atom stereocenters. The van der Waals surface area contributed by atoms with Gasteiger partial charge in [-0.3, -0.25) is 0 Å². The maximum Gasteiger partial charge on any atom is 0.150 e. The first-order chi connectivity index (χ1) is 9.77. The first-order valence-corrected chi connectivity index (χ1v) is 6.45. The van der Waals surface area contributed by atoms with E-state index in [1.807, 2.05) is 31.1 Å². The number of hydrogen-bond donors (Lipinski definition) is 0. The van der Waals surface area contributed by atoms with Crippen molar-refractivity contribution >= 4 is 17.2 Å². The normalized spacial score (nSPS) is 14.2. The molecule has 5 heteroatoms. The van der Waals surface area contributed by atoms with Gasteiger partial charge in [0.2, 0.25) is 0 Å². The Hall–Kier alpha value is -1.84. The summed E-state index contributed by atoms with van der Waals surface area (Å²) >= 11 is 0. The molecule has 0 saturated heterocycles. The summed E-state index contributed by atoms with van der Waals surface area (Å²) in [6, 6.07) is 15.6. The molecule has 0 fully saturated rings. The van der Waals surface area contributed by atoms with E-state index in [4.69, 9.17) is 4.84 Å². The topological polar surface area (TPSA) is 28.1 Å². The number of anilines is 2. The molecule has 1 radical (unpaired) electrons. The minimum atomic E-state index is 0. The summed E-state index contributed by atoms with van der Waals surface area (Å²) in [5, 5.41) is 4.18. The zero-order chi connectivity index (χ0) is 13.7. The van der Waals surface area contributed by atoms with E-state index < -0.39 is 0 Å². The number of fused-ring (bicyclic) bond motifs is 6. The van der Waals surface area contributed by atoms with Gasteiger partial charge in [-0.1, -0.05) is 23.4 Å². The average Bonchev–Trinajstić information content (AvgIpc) is 2.96. The summed E-state index contributed by atoms with van der Waals surface area (Å²) in [5.41, 5.74) is 5.51. The SMILES string of the molecule is CN(C)c1cccc2c1C1=NO[CH-]N1c1[c-]cccc1-2.[Ir]. The van der Waals surface area contributed by atoms with E-state index in [0.717, 1.165) is 33.9 Å². The molecule has 0 aliphatic carbocycles. The van der Waals surface area contributed by atoms with E-state index in [0.29, 0.717) is 0 Å². The van der Waals surface area contributed by atoms with Gasteiger partial charge in [-0.05, 0) is 12.8 Å². The van der Waals surface area contributed by atoms with Gasteiger partial charge in [-0.15, -0.1) is 10.7 Å². The zero-order valence-electron chi connectivity index (χ0n) is 11.6. The van der Waals surface area contributed by atoms with Crippen molar-refractivity contribution in [1.29, 1.82) is 0 Å². The van der Waals surface area contributed by atoms with Gasteiger partial charge < -0.3 is 14.6 Å². The fourth-order valence-electron chi connectivity index (χ4n) is 2.76. The standard InChI is InChI=1S/C16H13N3O.Ir/c1-18(2)14-9-5-7-12-11-6-3-4-8-13(11)19-10-20-17-16(19)15(12)14;/h3-7,9-10H,1-2H3;/q-2;. The first-order valence-electron chi connectivity index (χ1n) is 6.45. The number of amidine groups is 1. The summed E-state index contributed by atoms with van der Waals surface area (Å²) in [4.78, 5) is 9.23. The van der Waals surface area contributed by atoms with Crippen molar-refractivity contribution in [2.45, 2.75) is 0 Å². The molecule has 2 aliphatic heterocycles. The van der Waals surface area contributed by atoms with Crippen LogP contribution in [-0.2, 0) is 24.9 Å². The largest absolute Gasteiger partial charge is 0.544 e.